The van der Waals surface area contributed by atoms with Gasteiger partial charge in [-0.05, 0) is 19.4 Å². The lowest BCUT2D eigenvalue weighted by Crippen LogP contribution is -2.19. The average Bonchev–Trinajstić information content (AvgIpc) is 2.83. The Morgan fingerprint density at radius 2 is 2.25 bits per heavy atom. The minimum absolute atomic E-state index is 0. The highest BCUT2D eigenvalue weighted by molar-refractivity contribution is 5.85. The van der Waals surface area contributed by atoms with Crippen molar-refractivity contribution < 1.29 is 4.74 Å². The molecule has 1 aromatic heterocycles. The first-order valence-electron chi connectivity index (χ1n) is 5.68. The molecule has 1 atom stereocenters. The third-order valence-corrected chi connectivity index (χ3v) is 3.16. The number of hydrogen-bond acceptors (Lipinski definition) is 4. The van der Waals surface area contributed by atoms with Crippen molar-refractivity contribution >= 4 is 12.4 Å². The molecular weight excluding hydrogens is 228 g/mol. The number of ether oxygens (including phenoxy) is 1. The third kappa shape index (κ3) is 2.07. The summed E-state index contributed by atoms with van der Waals surface area (Å²) in [4.78, 5) is 0. The molecule has 0 aromatic carbocycles. The Morgan fingerprint density at radius 1 is 1.31 bits per heavy atom. The van der Waals surface area contributed by atoms with Crippen LogP contribution >= 0.6 is 12.4 Å². The number of hydrogen-bond donors (Lipinski definition) is 1. The highest BCUT2D eigenvalue weighted by atomic mass is 35.5. The molecule has 1 fully saturated rings. The molecule has 1 N–H and O–H groups in total. The smallest absolute Gasteiger partial charge is 0.150 e. The maximum Gasteiger partial charge on any atom is 0.150 e. The Bertz CT molecular complexity index is 349. The minimum atomic E-state index is 0. The Hall–Kier alpha value is -0.650. The van der Waals surface area contributed by atoms with Gasteiger partial charge in [0.2, 0.25) is 0 Å². The Labute approximate surface area is 101 Å². The van der Waals surface area contributed by atoms with Gasteiger partial charge in [-0.1, -0.05) is 0 Å². The van der Waals surface area contributed by atoms with Crippen molar-refractivity contribution in [1.82, 2.24) is 20.1 Å². The second-order valence-corrected chi connectivity index (χ2v) is 4.14. The van der Waals surface area contributed by atoms with Crippen molar-refractivity contribution in [2.45, 2.75) is 31.8 Å². The molecule has 0 bridgehead atoms. The molecule has 2 aliphatic heterocycles. The predicted molar refractivity (Wildman–Crippen MR) is 61.8 cm³/mol. The number of aromatic nitrogens is 3. The summed E-state index contributed by atoms with van der Waals surface area (Å²) in [6, 6.07) is 0.407. The molecule has 0 spiro atoms. The molecule has 2 aliphatic rings. The van der Waals surface area contributed by atoms with Crippen LogP contribution in [0, 0.1) is 0 Å². The molecule has 0 amide bonds. The number of nitrogens with zero attached hydrogens (tertiary/aromatic N) is 3. The number of nitrogens with one attached hydrogen (secondary N) is 1. The number of rotatable bonds is 1. The summed E-state index contributed by atoms with van der Waals surface area (Å²) >= 11 is 0. The van der Waals surface area contributed by atoms with Crippen LogP contribution in [-0.2, 0) is 17.7 Å². The van der Waals surface area contributed by atoms with Gasteiger partial charge in [-0.25, -0.2) is 0 Å². The van der Waals surface area contributed by atoms with Crippen molar-refractivity contribution in [3.63, 3.8) is 0 Å². The SMILES string of the molecule is C1CN[C@H](c2nnc3n2CCOCC3)C1.Cl. The van der Waals surface area contributed by atoms with E-state index in [-0.39, 0.29) is 12.4 Å². The zero-order valence-corrected chi connectivity index (χ0v) is 10.0. The lowest BCUT2D eigenvalue weighted by Gasteiger charge is -2.11. The lowest BCUT2D eigenvalue weighted by atomic mass is 10.2. The summed E-state index contributed by atoms with van der Waals surface area (Å²) in [6.07, 6.45) is 3.31. The Balaban J connectivity index is 0.000000963. The molecule has 3 heterocycles. The highest BCUT2D eigenvalue weighted by Gasteiger charge is 2.24. The van der Waals surface area contributed by atoms with Gasteiger partial charge < -0.3 is 14.6 Å². The molecule has 1 saturated heterocycles. The molecule has 90 valence electrons. The molecular formula is C10H17ClN4O. The first-order valence-corrected chi connectivity index (χ1v) is 5.68. The summed E-state index contributed by atoms with van der Waals surface area (Å²) in [5.74, 6) is 2.18. The van der Waals surface area contributed by atoms with Gasteiger partial charge in [-0.3, -0.25) is 0 Å². The first kappa shape index (κ1) is 11.8. The van der Waals surface area contributed by atoms with Gasteiger partial charge in [-0.2, -0.15) is 0 Å². The fourth-order valence-electron chi connectivity index (χ4n) is 2.36. The van der Waals surface area contributed by atoms with Gasteiger partial charge in [0.15, 0.2) is 0 Å². The minimum Gasteiger partial charge on any atom is -0.379 e. The quantitative estimate of drug-likeness (QED) is 0.790. The Morgan fingerprint density at radius 3 is 3.06 bits per heavy atom. The third-order valence-electron chi connectivity index (χ3n) is 3.16. The zero-order valence-electron chi connectivity index (χ0n) is 9.19. The molecule has 0 saturated carbocycles. The van der Waals surface area contributed by atoms with Gasteiger partial charge in [-0.15, -0.1) is 22.6 Å². The molecule has 16 heavy (non-hydrogen) atoms. The van der Waals surface area contributed by atoms with Crippen LogP contribution in [0.1, 0.15) is 30.5 Å². The van der Waals surface area contributed by atoms with Gasteiger partial charge in [0.25, 0.3) is 0 Å². The average molecular weight is 245 g/mol. The Kier molecular flexibility index (Phi) is 3.78. The molecule has 0 unspecified atom stereocenters. The summed E-state index contributed by atoms with van der Waals surface area (Å²) in [5, 5.41) is 12.0. The van der Waals surface area contributed by atoms with E-state index in [0.29, 0.717) is 6.04 Å². The maximum atomic E-state index is 5.44. The van der Waals surface area contributed by atoms with Gasteiger partial charge in [0, 0.05) is 13.0 Å². The molecule has 6 heteroatoms. The van der Waals surface area contributed by atoms with E-state index in [0.717, 1.165) is 44.4 Å². The van der Waals surface area contributed by atoms with Crippen molar-refractivity contribution in [3.05, 3.63) is 11.6 Å². The van der Waals surface area contributed by atoms with Crippen LogP contribution in [0.2, 0.25) is 0 Å². The normalized spacial score (nSPS) is 24.6. The summed E-state index contributed by atoms with van der Waals surface area (Å²) < 4.78 is 7.68. The van der Waals surface area contributed by atoms with Crippen molar-refractivity contribution in [2.24, 2.45) is 0 Å². The van der Waals surface area contributed by atoms with Crippen LogP contribution < -0.4 is 5.32 Å². The van der Waals surface area contributed by atoms with E-state index in [2.05, 4.69) is 20.1 Å². The molecule has 0 radical (unpaired) electrons. The van der Waals surface area contributed by atoms with Gasteiger partial charge in [0.1, 0.15) is 11.6 Å². The zero-order chi connectivity index (χ0) is 10.1. The maximum absolute atomic E-state index is 5.44. The molecule has 3 rings (SSSR count). The van der Waals surface area contributed by atoms with Crippen LogP contribution in [0.3, 0.4) is 0 Å². The topological polar surface area (TPSA) is 52.0 Å². The fourth-order valence-corrected chi connectivity index (χ4v) is 2.36. The van der Waals surface area contributed by atoms with E-state index in [1.54, 1.807) is 0 Å². The van der Waals surface area contributed by atoms with Crippen LogP contribution in [0.25, 0.3) is 0 Å². The van der Waals surface area contributed by atoms with Crippen LogP contribution in [0.5, 0.6) is 0 Å². The lowest BCUT2D eigenvalue weighted by molar-refractivity contribution is 0.139. The monoisotopic (exact) mass is 244 g/mol. The summed E-state index contributed by atoms with van der Waals surface area (Å²) in [5.41, 5.74) is 0. The van der Waals surface area contributed by atoms with Gasteiger partial charge in [0.05, 0.1) is 19.3 Å². The van der Waals surface area contributed by atoms with Crippen molar-refractivity contribution in [1.29, 1.82) is 0 Å². The fraction of sp³-hybridized carbons (Fsp3) is 0.800. The van der Waals surface area contributed by atoms with E-state index < -0.39 is 0 Å². The molecule has 5 nitrogen and oxygen atoms in total. The van der Waals surface area contributed by atoms with Gasteiger partial charge >= 0.3 is 0 Å². The molecule has 0 aliphatic carbocycles. The standard InChI is InChI=1S/C10H16N4O.ClH/c1-2-8(11-4-1)10-13-12-9-3-6-15-7-5-14(9)10;/h8,11H,1-7H2;1H/t8-;/m0./s1. The highest BCUT2D eigenvalue weighted by Crippen LogP contribution is 2.22. The van der Waals surface area contributed by atoms with E-state index in [1.807, 2.05) is 0 Å². The second kappa shape index (κ2) is 5.12. The number of fused-ring (bicyclic) bond motifs is 1. The predicted octanol–water partition coefficient (Wildman–Crippen LogP) is 0.697. The van der Waals surface area contributed by atoms with E-state index in [9.17, 15) is 0 Å². The van der Waals surface area contributed by atoms with Crippen molar-refractivity contribution in [2.75, 3.05) is 19.8 Å². The summed E-state index contributed by atoms with van der Waals surface area (Å²) in [7, 11) is 0. The number of halogens is 1. The summed E-state index contributed by atoms with van der Waals surface area (Å²) in [6.45, 7) is 3.56. The van der Waals surface area contributed by atoms with Crippen LogP contribution in [-0.4, -0.2) is 34.5 Å². The first-order chi connectivity index (χ1) is 7.45. The van der Waals surface area contributed by atoms with Crippen LogP contribution in [0.4, 0.5) is 0 Å². The van der Waals surface area contributed by atoms with E-state index in [4.69, 9.17) is 4.74 Å². The molecule has 1 aromatic rings. The largest absolute Gasteiger partial charge is 0.379 e. The van der Waals surface area contributed by atoms with Crippen molar-refractivity contribution in [3.8, 4) is 0 Å². The van der Waals surface area contributed by atoms with E-state index >= 15 is 0 Å². The van der Waals surface area contributed by atoms with Crippen LogP contribution in [0.15, 0.2) is 0 Å². The van der Waals surface area contributed by atoms with E-state index in [1.165, 1.54) is 12.8 Å². The second-order valence-electron chi connectivity index (χ2n) is 4.14.